The topological polar surface area (TPSA) is 24.9 Å². The van der Waals surface area contributed by atoms with E-state index in [1.54, 1.807) is 6.20 Å². The molecule has 1 unspecified atom stereocenters. The number of hydrogen-bond acceptors (Lipinski definition) is 2. The SMILES string of the molecule is CCc1ccc(C(C)Nc2ccccn2)cc1. The van der Waals surface area contributed by atoms with Crippen molar-refractivity contribution in [2.45, 2.75) is 26.3 Å². The number of pyridine rings is 1. The molecule has 0 fully saturated rings. The Labute approximate surface area is 103 Å². The van der Waals surface area contributed by atoms with Crippen molar-refractivity contribution in [3.05, 3.63) is 59.8 Å². The highest BCUT2D eigenvalue weighted by Crippen LogP contribution is 2.18. The Bertz CT molecular complexity index is 448. The number of hydrogen-bond donors (Lipinski definition) is 1. The van der Waals surface area contributed by atoms with Crippen LogP contribution in [0.15, 0.2) is 48.7 Å². The number of rotatable bonds is 4. The minimum atomic E-state index is 0.274. The Morgan fingerprint density at radius 3 is 2.47 bits per heavy atom. The van der Waals surface area contributed by atoms with Gasteiger partial charge in [0.05, 0.1) is 0 Å². The van der Waals surface area contributed by atoms with Crippen LogP contribution in [-0.2, 0) is 6.42 Å². The van der Waals surface area contributed by atoms with Gasteiger partial charge in [-0.1, -0.05) is 37.3 Å². The van der Waals surface area contributed by atoms with Crippen molar-refractivity contribution in [2.75, 3.05) is 5.32 Å². The summed E-state index contributed by atoms with van der Waals surface area (Å²) in [5.74, 6) is 0.916. The second-order valence-electron chi connectivity index (χ2n) is 4.18. The third kappa shape index (κ3) is 3.06. The molecule has 0 aliphatic rings. The number of nitrogens with one attached hydrogen (secondary N) is 1. The van der Waals surface area contributed by atoms with Crippen LogP contribution in [0, 0.1) is 0 Å². The molecule has 0 spiro atoms. The molecule has 0 aliphatic carbocycles. The molecule has 17 heavy (non-hydrogen) atoms. The maximum atomic E-state index is 4.27. The molecule has 1 aromatic carbocycles. The van der Waals surface area contributed by atoms with Crippen molar-refractivity contribution in [1.29, 1.82) is 0 Å². The van der Waals surface area contributed by atoms with Crippen LogP contribution in [0.5, 0.6) is 0 Å². The highest BCUT2D eigenvalue weighted by atomic mass is 15.0. The summed E-state index contributed by atoms with van der Waals surface area (Å²) in [5, 5.41) is 3.38. The minimum Gasteiger partial charge on any atom is -0.364 e. The maximum absolute atomic E-state index is 4.27. The zero-order chi connectivity index (χ0) is 12.1. The third-order valence-electron chi connectivity index (χ3n) is 2.92. The normalized spacial score (nSPS) is 12.1. The second-order valence-corrected chi connectivity index (χ2v) is 4.18. The molecule has 1 atom stereocenters. The molecule has 0 bridgehead atoms. The van der Waals surface area contributed by atoms with Crippen LogP contribution in [-0.4, -0.2) is 4.98 Å². The van der Waals surface area contributed by atoms with Gasteiger partial charge in [-0.25, -0.2) is 4.98 Å². The summed E-state index contributed by atoms with van der Waals surface area (Å²) in [6.45, 7) is 4.32. The van der Waals surface area contributed by atoms with Gasteiger partial charge in [-0.15, -0.1) is 0 Å². The van der Waals surface area contributed by atoms with Crippen molar-refractivity contribution < 1.29 is 0 Å². The molecule has 0 saturated carbocycles. The number of benzene rings is 1. The fraction of sp³-hybridized carbons (Fsp3) is 0.267. The summed E-state index contributed by atoms with van der Waals surface area (Å²) in [5.41, 5.74) is 2.66. The van der Waals surface area contributed by atoms with E-state index >= 15 is 0 Å². The molecule has 1 N–H and O–H groups in total. The van der Waals surface area contributed by atoms with Crippen LogP contribution in [0.2, 0.25) is 0 Å². The van der Waals surface area contributed by atoms with Crippen LogP contribution in [0.3, 0.4) is 0 Å². The lowest BCUT2D eigenvalue weighted by Crippen LogP contribution is -2.07. The fourth-order valence-corrected chi connectivity index (χ4v) is 1.80. The molecular formula is C15H18N2. The zero-order valence-corrected chi connectivity index (χ0v) is 10.4. The Balaban J connectivity index is 2.06. The molecule has 2 nitrogen and oxygen atoms in total. The third-order valence-corrected chi connectivity index (χ3v) is 2.92. The predicted octanol–water partition coefficient (Wildman–Crippen LogP) is 3.82. The lowest BCUT2D eigenvalue weighted by atomic mass is 10.1. The molecule has 88 valence electrons. The van der Waals surface area contributed by atoms with Gasteiger partial charge in [-0.2, -0.15) is 0 Å². The van der Waals surface area contributed by atoms with Crippen LogP contribution < -0.4 is 5.32 Å². The van der Waals surface area contributed by atoms with Gasteiger partial charge in [0.15, 0.2) is 0 Å². The van der Waals surface area contributed by atoms with Gasteiger partial charge in [0.2, 0.25) is 0 Å². The molecule has 2 heteroatoms. The first-order chi connectivity index (χ1) is 8.29. The van der Waals surface area contributed by atoms with Gasteiger partial charge in [-0.3, -0.25) is 0 Å². The van der Waals surface area contributed by atoms with Crippen molar-refractivity contribution in [3.8, 4) is 0 Å². The van der Waals surface area contributed by atoms with Crippen LogP contribution in [0.4, 0.5) is 5.82 Å². The van der Waals surface area contributed by atoms with Gasteiger partial charge in [0.25, 0.3) is 0 Å². The summed E-state index contributed by atoms with van der Waals surface area (Å²) in [4.78, 5) is 4.27. The van der Waals surface area contributed by atoms with E-state index in [4.69, 9.17) is 0 Å². The van der Waals surface area contributed by atoms with Gasteiger partial charge in [0.1, 0.15) is 5.82 Å². The molecule has 2 rings (SSSR count). The standard InChI is InChI=1S/C15H18N2/c1-3-13-7-9-14(10-8-13)12(2)17-15-6-4-5-11-16-15/h4-12H,3H2,1-2H3,(H,16,17). The van der Waals surface area contributed by atoms with E-state index < -0.39 is 0 Å². The van der Waals surface area contributed by atoms with E-state index in [0.29, 0.717) is 0 Å². The lowest BCUT2D eigenvalue weighted by Gasteiger charge is -2.15. The van der Waals surface area contributed by atoms with E-state index in [9.17, 15) is 0 Å². The molecule has 1 heterocycles. The number of nitrogens with zero attached hydrogens (tertiary/aromatic N) is 1. The minimum absolute atomic E-state index is 0.274. The molecule has 0 aliphatic heterocycles. The van der Waals surface area contributed by atoms with Gasteiger partial charge in [-0.05, 0) is 36.6 Å². The molecule has 1 aromatic heterocycles. The Morgan fingerprint density at radius 2 is 1.88 bits per heavy atom. The van der Waals surface area contributed by atoms with Crippen molar-refractivity contribution in [3.63, 3.8) is 0 Å². The number of anilines is 1. The first kappa shape index (κ1) is 11.6. The average molecular weight is 226 g/mol. The highest BCUT2D eigenvalue weighted by Gasteiger charge is 2.05. The van der Waals surface area contributed by atoms with Crippen LogP contribution in [0.1, 0.15) is 31.0 Å². The highest BCUT2D eigenvalue weighted by molar-refractivity contribution is 5.38. The number of aryl methyl sites for hydroxylation is 1. The van der Waals surface area contributed by atoms with E-state index in [1.807, 2.05) is 18.2 Å². The van der Waals surface area contributed by atoms with Crippen LogP contribution in [0.25, 0.3) is 0 Å². The van der Waals surface area contributed by atoms with Crippen molar-refractivity contribution in [1.82, 2.24) is 4.98 Å². The van der Waals surface area contributed by atoms with E-state index in [0.717, 1.165) is 12.2 Å². The summed E-state index contributed by atoms with van der Waals surface area (Å²) >= 11 is 0. The van der Waals surface area contributed by atoms with Gasteiger partial charge >= 0.3 is 0 Å². The van der Waals surface area contributed by atoms with E-state index in [-0.39, 0.29) is 6.04 Å². The number of aromatic nitrogens is 1. The largest absolute Gasteiger partial charge is 0.364 e. The van der Waals surface area contributed by atoms with E-state index in [2.05, 4.69) is 48.4 Å². The monoisotopic (exact) mass is 226 g/mol. The van der Waals surface area contributed by atoms with Gasteiger partial charge in [0, 0.05) is 12.2 Å². The van der Waals surface area contributed by atoms with Gasteiger partial charge < -0.3 is 5.32 Å². The molecule has 2 aromatic rings. The summed E-state index contributed by atoms with van der Waals surface area (Å²) in [6.07, 6.45) is 2.89. The van der Waals surface area contributed by atoms with Crippen LogP contribution >= 0.6 is 0 Å². The summed E-state index contributed by atoms with van der Waals surface area (Å²) in [6, 6.07) is 14.9. The summed E-state index contributed by atoms with van der Waals surface area (Å²) < 4.78 is 0. The Kier molecular flexibility index (Phi) is 3.76. The fourth-order valence-electron chi connectivity index (χ4n) is 1.80. The molecule has 0 saturated heterocycles. The first-order valence-corrected chi connectivity index (χ1v) is 6.06. The smallest absolute Gasteiger partial charge is 0.126 e. The van der Waals surface area contributed by atoms with Crippen molar-refractivity contribution >= 4 is 5.82 Å². The average Bonchev–Trinajstić information content (AvgIpc) is 2.40. The quantitative estimate of drug-likeness (QED) is 0.857. The maximum Gasteiger partial charge on any atom is 0.126 e. The van der Waals surface area contributed by atoms with Crippen molar-refractivity contribution in [2.24, 2.45) is 0 Å². The predicted molar refractivity (Wildman–Crippen MR) is 72.1 cm³/mol. The molecule has 0 radical (unpaired) electrons. The molecule has 0 amide bonds. The second kappa shape index (κ2) is 5.48. The lowest BCUT2D eigenvalue weighted by molar-refractivity contribution is 0.873. The Hall–Kier alpha value is -1.83. The Morgan fingerprint density at radius 1 is 1.12 bits per heavy atom. The van der Waals surface area contributed by atoms with E-state index in [1.165, 1.54) is 11.1 Å². The molecular weight excluding hydrogens is 208 g/mol. The first-order valence-electron chi connectivity index (χ1n) is 6.06. The zero-order valence-electron chi connectivity index (χ0n) is 10.4. The summed E-state index contributed by atoms with van der Waals surface area (Å²) in [7, 11) is 0.